The Morgan fingerprint density at radius 1 is 1.10 bits per heavy atom. The predicted molar refractivity (Wildman–Crippen MR) is 126 cm³/mol. The van der Waals surface area contributed by atoms with Gasteiger partial charge in [-0.3, -0.25) is 10.1 Å². The minimum atomic E-state index is -0.579. The van der Waals surface area contributed by atoms with Crippen molar-refractivity contribution in [3.8, 4) is 5.75 Å². The van der Waals surface area contributed by atoms with Gasteiger partial charge in [-0.25, -0.2) is 0 Å². The molecule has 0 aliphatic rings. The van der Waals surface area contributed by atoms with Gasteiger partial charge in [0.1, 0.15) is 17.2 Å². The molecule has 0 radical (unpaired) electrons. The Hall–Kier alpha value is -3.32. The lowest BCUT2D eigenvalue weighted by Gasteiger charge is -2.21. The first-order valence-electron chi connectivity index (χ1n) is 9.86. The van der Waals surface area contributed by atoms with E-state index in [9.17, 15) is 4.79 Å². The number of amides is 1. The zero-order valence-corrected chi connectivity index (χ0v) is 18.8. The van der Waals surface area contributed by atoms with Crippen LogP contribution in [0.3, 0.4) is 0 Å². The number of aromatic nitrogens is 3. The Morgan fingerprint density at radius 3 is 2.45 bits per heavy atom. The molecule has 31 heavy (non-hydrogen) atoms. The van der Waals surface area contributed by atoms with Crippen LogP contribution in [-0.2, 0) is 4.79 Å². The zero-order valence-electron chi connectivity index (χ0n) is 18.1. The van der Waals surface area contributed by atoms with E-state index in [4.69, 9.17) is 21.3 Å². The van der Waals surface area contributed by atoms with Crippen molar-refractivity contribution < 1.29 is 9.53 Å². The van der Waals surface area contributed by atoms with Gasteiger partial charge < -0.3 is 14.6 Å². The molecule has 0 aliphatic heterocycles. The molecular formula is C23H24ClN5O2. The number of aromatic amines is 1. The number of H-pyrrole nitrogens is 1. The molecule has 0 atom stereocenters. The number of methoxy groups -OCH3 is 1. The first-order valence-corrected chi connectivity index (χ1v) is 10.2. The highest BCUT2D eigenvalue weighted by Crippen LogP contribution is 2.38. The van der Waals surface area contributed by atoms with Crippen LogP contribution in [-0.4, -0.2) is 35.0 Å². The van der Waals surface area contributed by atoms with E-state index >= 15 is 0 Å². The summed E-state index contributed by atoms with van der Waals surface area (Å²) in [5.41, 5.74) is 1.76. The Bertz CT molecular complexity index is 1280. The number of nitrogens with zero attached hydrogens (tertiary/aromatic N) is 3. The first kappa shape index (κ1) is 20.9. The molecule has 160 valence electrons. The van der Waals surface area contributed by atoms with Crippen LogP contribution in [0.25, 0.3) is 21.9 Å². The van der Waals surface area contributed by atoms with E-state index in [1.807, 2.05) is 75.2 Å². The Kier molecular flexibility index (Phi) is 5.23. The number of hydrogen-bond acceptors (Lipinski definition) is 5. The van der Waals surface area contributed by atoms with Crippen molar-refractivity contribution in [2.45, 2.75) is 20.8 Å². The van der Waals surface area contributed by atoms with Crippen LogP contribution in [0.5, 0.6) is 5.75 Å². The van der Waals surface area contributed by atoms with E-state index in [1.165, 1.54) is 0 Å². The molecule has 0 saturated heterocycles. The Balaban J connectivity index is 1.92. The smallest absolute Gasteiger partial charge is 0.233 e. The largest absolute Gasteiger partial charge is 0.497 e. The highest BCUT2D eigenvalue weighted by molar-refractivity contribution is 6.38. The van der Waals surface area contributed by atoms with Gasteiger partial charge in [0.05, 0.1) is 17.5 Å². The molecule has 7 nitrogen and oxygen atoms in total. The van der Waals surface area contributed by atoms with Gasteiger partial charge in [-0.15, -0.1) is 0 Å². The minimum absolute atomic E-state index is 0.168. The van der Waals surface area contributed by atoms with Gasteiger partial charge in [-0.05, 0) is 36.4 Å². The molecule has 4 aromatic rings. The molecule has 2 aromatic carbocycles. The number of nitrogens with one attached hydrogen (secondary N) is 2. The van der Waals surface area contributed by atoms with Crippen molar-refractivity contribution in [3.05, 3.63) is 47.5 Å². The molecule has 0 bridgehead atoms. The molecule has 0 aliphatic carbocycles. The summed E-state index contributed by atoms with van der Waals surface area (Å²) in [6.45, 7) is 5.52. The van der Waals surface area contributed by atoms with Crippen LogP contribution < -0.4 is 15.0 Å². The highest BCUT2D eigenvalue weighted by Gasteiger charge is 2.24. The average Bonchev–Trinajstić information content (AvgIpc) is 3.11. The normalized spacial score (nSPS) is 11.7. The van der Waals surface area contributed by atoms with Crippen LogP contribution >= 0.6 is 11.6 Å². The summed E-state index contributed by atoms with van der Waals surface area (Å²) < 4.78 is 5.27. The van der Waals surface area contributed by atoms with E-state index in [1.54, 1.807) is 7.11 Å². The van der Waals surface area contributed by atoms with Gasteiger partial charge in [0.15, 0.2) is 0 Å². The first-order chi connectivity index (χ1) is 14.7. The molecule has 0 fully saturated rings. The maximum Gasteiger partial charge on any atom is 0.233 e. The number of rotatable bonds is 4. The van der Waals surface area contributed by atoms with Crippen LogP contribution in [0.15, 0.2) is 42.5 Å². The summed E-state index contributed by atoms with van der Waals surface area (Å²) in [6.07, 6.45) is 0. The van der Waals surface area contributed by atoms with E-state index in [2.05, 4.69) is 15.3 Å². The third kappa shape index (κ3) is 3.88. The van der Waals surface area contributed by atoms with Crippen molar-refractivity contribution in [2.24, 2.45) is 5.41 Å². The third-order valence-corrected chi connectivity index (χ3v) is 5.41. The van der Waals surface area contributed by atoms with E-state index in [-0.39, 0.29) is 11.9 Å². The fourth-order valence-electron chi connectivity index (χ4n) is 3.30. The van der Waals surface area contributed by atoms with Gasteiger partial charge in [-0.2, -0.15) is 9.97 Å². The summed E-state index contributed by atoms with van der Waals surface area (Å²) >= 11 is 6.54. The van der Waals surface area contributed by atoms with Gasteiger partial charge in [0, 0.05) is 29.1 Å². The van der Waals surface area contributed by atoms with Gasteiger partial charge in [0.2, 0.25) is 11.9 Å². The number of carbonyl (C=O) groups excluding carboxylic acids is 1. The van der Waals surface area contributed by atoms with Crippen molar-refractivity contribution in [3.63, 3.8) is 0 Å². The molecule has 0 spiro atoms. The lowest BCUT2D eigenvalue weighted by Crippen LogP contribution is -2.28. The fraction of sp³-hybridized carbons (Fsp3) is 0.261. The number of benzene rings is 2. The zero-order chi connectivity index (χ0) is 22.3. The van der Waals surface area contributed by atoms with Gasteiger partial charge in [-0.1, -0.05) is 38.4 Å². The second-order valence-electron chi connectivity index (χ2n) is 8.34. The van der Waals surface area contributed by atoms with Crippen molar-refractivity contribution in [1.29, 1.82) is 0 Å². The summed E-state index contributed by atoms with van der Waals surface area (Å²) in [7, 11) is 3.54. The topological polar surface area (TPSA) is 83.1 Å². The lowest BCUT2D eigenvalue weighted by molar-refractivity contribution is -0.123. The third-order valence-electron chi connectivity index (χ3n) is 5.09. The molecular weight excluding hydrogens is 414 g/mol. The quantitative estimate of drug-likeness (QED) is 0.438. The summed E-state index contributed by atoms with van der Waals surface area (Å²) in [5, 5.41) is 5.06. The molecule has 2 heterocycles. The maximum absolute atomic E-state index is 12.6. The SMILES string of the molecule is COc1ccc(N(C)c2nc(NC(=O)C(C)(C)C)nc3[nH]c4cccc(Cl)c4c23)cc1. The second kappa shape index (κ2) is 7.74. The summed E-state index contributed by atoms with van der Waals surface area (Å²) in [5.74, 6) is 1.45. The molecule has 2 aromatic heterocycles. The fourth-order valence-corrected chi connectivity index (χ4v) is 3.56. The number of carbonyl (C=O) groups is 1. The standard InChI is InChI=1S/C23H24ClN5O2/c1-23(2,3)21(30)28-22-26-19-18(17-15(24)7-6-8-16(17)25-19)20(27-22)29(4)13-9-11-14(31-5)12-10-13/h6-12H,1-5H3,(H2,25,26,27,28,30). The Labute approximate surface area is 185 Å². The van der Waals surface area contributed by atoms with Crippen molar-refractivity contribution in [2.75, 3.05) is 24.4 Å². The van der Waals surface area contributed by atoms with Crippen molar-refractivity contribution in [1.82, 2.24) is 15.0 Å². The van der Waals surface area contributed by atoms with Gasteiger partial charge in [0.25, 0.3) is 0 Å². The van der Waals surface area contributed by atoms with E-state index < -0.39 is 5.41 Å². The van der Waals surface area contributed by atoms with Gasteiger partial charge >= 0.3 is 0 Å². The number of fused-ring (bicyclic) bond motifs is 3. The van der Waals surface area contributed by atoms with Crippen LogP contribution in [0.2, 0.25) is 5.02 Å². The lowest BCUT2D eigenvalue weighted by atomic mass is 9.96. The monoisotopic (exact) mass is 437 g/mol. The van der Waals surface area contributed by atoms with Crippen molar-refractivity contribution >= 4 is 56.9 Å². The number of hydrogen-bond donors (Lipinski definition) is 2. The molecule has 0 unspecified atom stereocenters. The molecule has 0 saturated carbocycles. The molecule has 8 heteroatoms. The van der Waals surface area contributed by atoms with E-state index in [0.717, 1.165) is 27.7 Å². The predicted octanol–water partition coefficient (Wildman–Crippen LogP) is 5.53. The number of anilines is 3. The highest BCUT2D eigenvalue weighted by atomic mass is 35.5. The summed E-state index contributed by atoms with van der Waals surface area (Å²) in [4.78, 5) is 27.1. The van der Waals surface area contributed by atoms with Crippen LogP contribution in [0, 0.1) is 5.41 Å². The second-order valence-corrected chi connectivity index (χ2v) is 8.75. The average molecular weight is 438 g/mol. The molecule has 1 amide bonds. The molecule has 2 N–H and O–H groups in total. The minimum Gasteiger partial charge on any atom is -0.497 e. The summed E-state index contributed by atoms with van der Waals surface area (Å²) in [6, 6.07) is 13.3. The number of ether oxygens (including phenoxy) is 1. The number of halogens is 1. The maximum atomic E-state index is 12.6. The molecule has 4 rings (SSSR count). The van der Waals surface area contributed by atoms with Crippen LogP contribution in [0.1, 0.15) is 20.8 Å². The van der Waals surface area contributed by atoms with Crippen LogP contribution in [0.4, 0.5) is 17.5 Å². The van der Waals surface area contributed by atoms with E-state index in [0.29, 0.717) is 16.5 Å². The Morgan fingerprint density at radius 2 is 1.81 bits per heavy atom.